The highest BCUT2D eigenvalue weighted by Crippen LogP contribution is 2.28. The number of carbonyl (C=O) groups is 1. The van der Waals surface area contributed by atoms with Crippen LogP contribution in [0.4, 0.5) is 0 Å². The Kier molecular flexibility index (Phi) is 6.42. The molecular weight excluding hydrogens is 384 g/mol. The number of fused-ring (bicyclic) bond motifs is 1. The van der Waals surface area contributed by atoms with Crippen LogP contribution in [0.5, 0.6) is 0 Å². The first-order chi connectivity index (χ1) is 13.8. The van der Waals surface area contributed by atoms with E-state index >= 15 is 0 Å². The SMILES string of the molecule is CCCCN(C)C(=O)Cn1cc(S(=O)(=O)Cc2ccc(C)cc2)c2ccccc21. The van der Waals surface area contributed by atoms with E-state index in [0.29, 0.717) is 11.9 Å². The highest BCUT2D eigenvalue weighted by atomic mass is 32.2. The second kappa shape index (κ2) is 8.82. The van der Waals surface area contributed by atoms with Crippen molar-refractivity contribution < 1.29 is 13.2 Å². The van der Waals surface area contributed by atoms with Gasteiger partial charge in [-0.25, -0.2) is 8.42 Å². The van der Waals surface area contributed by atoms with Gasteiger partial charge in [-0.1, -0.05) is 61.4 Å². The minimum atomic E-state index is -3.55. The fourth-order valence-electron chi connectivity index (χ4n) is 3.36. The third-order valence-corrected chi connectivity index (χ3v) is 6.85. The highest BCUT2D eigenvalue weighted by Gasteiger charge is 2.22. The van der Waals surface area contributed by atoms with E-state index < -0.39 is 9.84 Å². The molecule has 154 valence electrons. The fourth-order valence-corrected chi connectivity index (χ4v) is 4.94. The van der Waals surface area contributed by atoms with Crippen LogP contribution in [0.15, 0.2) is 59.6 Å². The van der Waals surface area contributed by atoms with Crippen LogP contribution in [0.25, 0.3) is 10.9 Å². The Balaban J connectivity index is 1.93. The Labute approximate surface area is 172 Å². The zero-order valence-corrected chi connectivity index (χ0v) is 18.1. The van der Waals surface area contributed by atoms with Gasteiger partial charge in [0.25, 0.3) is 0 Å². The lowest BCUT2D eigenvalue weighted by Gasteiger charge is -2.17. The molecule has 0 saturated heterocycles. The topological polar surface area (TPSA) is 59.4 Å². The van der Waals surface area contributed by atoms with Gasteiger partial charge >= 0.3 is 0 Å². The summed E-state index contributed by atoms with van der Waals surface area (Å²) >= 11 is 0. The number of rotatable bonds is 8. The van der Waals surface area contributed by atoms with Crippen LogP contribution in [-0.4, -0.2) is 37.4 Å². The molecule has 3 rings (SSSR count). The average molecular weight is 413 g/mol. The van der Waals surface area contributed by atoms with Crippen molar-refractivity contribution in [1.29, 1.82) is 0 Å². The molecule has 0 spiro atoms. The molecule has 0 atom stereocenters. The lowest BCUT2D eigenvalue weighted by molar-refractivity contribution is -0.130. The summed E-state index contributed by atoms with van der Waals surface area (Å²) in [5, 5.41) is 0.656. The Hall–Kier alpha value is -2.60. The van der Waals surface area contributed by atoms with Crippen LogP contribution in [0.2, 0.25) is 0 Å². The second-order valence-corrected chi connectivity index (χ2v) is 9.51. The zero-order valence-electron chi connectivity index (χ0n) is 17.3. The van der Waals surface area contributed by atoms with Crippen LogP contribution in [0, 0.1) is 6.92 Å². The summed E-state index contributed by atoms with van der Waals surface area (Å²) < 4.78 is 28.1. The predicted octanol–water partition coefficient (Wildman–Crippen LogP) is 4.18. The summed E-state index contributed by atoms with van der Waals surface area (Å²) in [7, 11) is -1.76. The number of nitrogens with zero attached hydrogens (tertiary/aromatic N) is 2. The molecule has 6 heteroatoms. The average Bonchev–Trinajstić information content (AvgIpc) is 3.07. The molecule has 5 nitrogen and oxygen atoms in total. The van der Waals surface area contributed by atoms with Gasteiger partial charge in [0, 0.05) is 30.7 Å². The molecule has 0 fully saturated rings. The Morgan fingerprint density at radius 2 is 1.76 bits per heavy atom. The van der Waals surface area contributed by atoms with Crippen LogP contribution >= 0.6 is 0 Å². The molecule has 3 aromatic rings. The number of aryl methyl sites for hydroxylation is 1. The molecule has 0 aliphatic rings. The molecule has 29 heavy (non-hydrogen) atoms. The molecule has 0 N–H and O–H groups in total. The lowest BCUT2D eigenvalue weighted by atomic mass is 10.2. The van der Waals surface area contributed by atoms with E-state index in [0.717, 1.165) is 29.5 Å². The minimum Gasteiger partial charge on any atom is -0.344 e. The summed E-state index contributed by atoms with van der Waals surface area (Å²) in [5.74, 6) is -0.0901. The van der Waals surface area contributed by atoms with Gasteiger partial charge in [0.1, 0.15) is 6.54 Å². The minimum absolute atomic E-state index is 0.0262. The summed E-state index contributed by atoms with van der Waals surface area (Å²) in [6.07, 6.45) is 3.58. The van der Waals surface area contributed by atoms with Crippen molar-refractivity contribution in [2.45, 2.75) is 43.9 Å². The van der Waals surface area contributed by atoms with Crippen LogP contribution in [-0.2, 0) is 26.9 Å². The summed E-state index contributed by atoms with van der Waals surface area (Å²) in [5.41, 5.74) is 2.60. The number of likely N-dealkylation sites (N-methyl/N-ethyl adjacent to an activating group) is 1. The van der Waals surface area contributed by atoms with Crippen molar-refractivity contribution in [3.05, 3.63) is 65.9 Å². The number of hydrogen-bond donors (Lipinski definition) is 0. The van der Waals surface area contributed by atoms with Gasteiger partial charge in [-0.3, -0.25) is 4.79 Å². The van der Waals surface area contributed by atoms with E-state index in [1.165, 1.54) is 0 Å². The van der Waals surface area contributed by atoms with Crippen molar-refractivity contribution >= 4 is 26.6 Å². The van der Waals surface area contributed by atoms with E-state index in [1.54, 1.807) is 28.8 Å². The maximum absolute atomic E-state index is 13.2. The molecule has 0 radical (unpaired) electrons. The number of para-hydroxylation sites is 1. The highest BCUT2D eigenvalue weighted by molar-refractivity contribution is 7.90. The largest absolute Gasteiger partial charge is 0.344 e. The Morgan fingerprint density at radius 3 is 2.45 bits per heavy atom. The van der Waals surface area contributed by atoms with Crippen LogP contribution < -0.4 is 0 Å². The van der Waals surface area contributed by atoms with Crippen LogP contribution in [0.1, 0.15) is 30.9 Å². The molecule has 1 amide bonds. The molecule has 0 saturated carbocycles. The quantitative estimate of drug-likeness (QED) is 0.558. The van der Waals surface area contributed by atoms with Crippen LogP contribution in [0.3, 0.4) is 0 Å². The number of carbonyl (C=O) groups excluding carboxylic acids is 1. The molecule has 0 unspecified atom stereocenters. The first kappa shape index (κ1) is 21.1. The van der Waals surface area contributed by atoms with Gasteiger partial charge in [0.15, 0.2) is 9.84 Å². The lowest BCUT2D eigenvalue weighted by Crippen LogP contribution is -2.30. The molecular formula is C23H28N2O3S. The number of amides is 1. The monoisotopic (exact) mass is 412 g/mol. The van der Waals surface area contributed by atoms with Gasteiger partial charge in [-0.15, -0.1) is 0 Å². The van der Waals surface area contributed by atoms with Crippen molar-refractivity contribution in [2.75, 3.05) is 13.6 Å². The van der Waals surface area contributed by atoms with Crippen molar-refractivity contribution in [2.24, 2.45) is 0 Å². The zero-order chi connectivity index (χ0) is 21.0. The normalized spacial score (nSPS) is 11.7. The maximum atomic E-state index is 13.2. The van der Waals surface area contributed by atoms with Gasteiger partial charge in [0.2, 0.25) is 5.91 Å². The van der Waals surface area contributed by atoms with E-state index in [9.17, 15) is 13.2 Å². The smallest absolute Gasteiger partial charge is 0.242 e. The Bertz CT molecular complexity index is 1100. The summed E-state index contributed by atoms with van der Waals surface area (Å²) in [6.45, 7) is 4.89. The Morgan fingerprint density at radius 1 is 1.07 bits per heavy atom. The standard InChI is InChI=1S/C23H28N2O3S/c1-4-5-14-24(3)23(26)16-25-15-22(20-8-6-7-9-21(20)25)29(27,28)17-19-12-10-18(2)11-13-19/h6-13,15H,4-5,14,16-17H2,1-3H3. The first-order valence-corrected chi connectivity index (χ1v) is 11.6. The number of sulfone groups is 1. The van der Waals surface area contributed by atoms with Crippen molar-refractivity contribution in [3.63, 3.8) is 0 Å². The third-order valence-electron chi connectivity index (χ3n) is 5.14. The second-order valence-electron chi connectivity index (χ2n) is 7.55. The van der Waals surface area contributed by atoms with Gasteiger partial charge < -0.3 is 9.47 Å². The molecule has 0 bridgehead atoms. The van der Waals surface area contributed by atoms with E-state index in [2.05, 4.69) is 6.92 Å². The van der Waals surface area contributed by atoms with Gasteiger partial charge in [-0.05, 0) is 25.0 Å². The molecule has 1 heterocycles. The summed E-state index contributed by atoms with van der Waals surface area (Å²) in [4.78, 5) is 14.6. The number of unbranched alkanes of at least 4 members (excludes halogenated alkanes) is 1. The maximum Gasteiger partial charge on any atom is 0.242 e. The molecule has 1 aromatic heterocycles. The number of benzene rings is 2. The van der Waals surface area contributed by atoms with Gasteiger partial charge in [0.05, 0.1) is 10.6 Å². The van der Waals surface area contributed by atoms with Gasteiger partial charge in [-0.2, -0.15) is 0 Å². The van der Waals surface area contributed by atoms with E-state index in [1.807, 2.05) is 49.4 Å². The molecule has 0 aliphatic carbocycles. The predicted molar refractivity (Wildman–Crippen MR) is 117 cm³/mol. The first-order valence-electron chi connectivity index (χ1n) is 9.92. The fraction of sp³-hybridized carbons (Fsp3) is 0.348. The number of hydrogen-bond acceptors (Lipinski definition) is 3. The molecule has 2 aromatic carbocycles. The van der Waals surface area contributed by atoms with E-state index in [4.69, 9.17) is 0 Å². The number of aromatic nitrogens is 1. The van der Waals surface area contributed by atoms with Crippen molar-refractivity contribution in [3.8, 4) is 0 Å². The third kappa shape index (κ3) is 4.88. The summed E-state index contributed by atoms with van der Waals surface area (Å²) in [6, 6.07) is 14.9. The van der Waals surface area contributed by atoms with E-state index in [-0.39, 0.29) is 23.1 Å². The molecule has 0 aliphatic heterocycles. The van der Waals surface area contributed by atoms with Crippen molar-refractivity contribution in [1.82, 2.24) is 9.47 Å².